The summed E-state index contributed by atoms with van der Waals surface area (Å²) in [5.74, 6) is 3.64. The van der Waals surface area contributed by atoms with Gasteiger partial charge in [-0.3, -0.25) is 0 Å². The average Bonchev–Trinajstić information content (AvgIpc) is 2.44. The first-order chi connectivity index (χ1) is 6.88. The molecule has 0 fully saturated rings. The highest BCUT2D eigenvalue weighted by Crippen LogP contribution is 2.21. The standard InChI is InChI=1S/C10H6IN3.HI/c11-9-3-7-12-6-2-8(9)10-13-4-1-5-14-10;/h1-6H;1H. The molecule has 0 spiro atoms. The number of nitrogens with one attached hydrogen (secondary N) is 1. The lowest BCUT2D eigenvalue weighted by atomic mass is 10.2. The van der Waals surface area contributed by atoms with Gasteiger partial charge in [-0.25, -0.2) is 9.98 Å². The van der Waals surface area contributed by atoms with Crippen LogP contribution in [0.2, 0.25) is 0 Å². The lowest BCUT2D eigenvalue weighted by molar-refractivity contribution is -0.386. The second kappa shape index (κ2) is 6.14. The van der Waals surface area contributed by atoms with Crippen molar-refractivity contribution in [2.24, 2.45) is 4.99 Å². The molecule has 0 saturated carbocycles. The molecule has 5 heteroatoms. The molecular weight excluding hydrogens is 416 g/mol. The molecule has 0 bridgehead atoms. The molecule has 2 heterocycles. The second-order valence-corrected chi connectivity index (χ2v) is 3.77. The quantitative estimate of drug-likeness (QED) is 0.524. The largest absolute Gasteiger partial charge is 1.00 e. The summed E-state index contributed by atoms with van der Waals surface area (Å²) in [6.07, 6.45) is 9.06. The van der Waals surface area contributed by atoms with Crippen molar-refractivity contribution in [3.8, 4) is 0 Å². The Labute approximate surface area is 118 Å². The first-order valence-electron chi connectivity index (χ1n) is 4.06. The highest BCUT2D eigenvalue weighted by molar-refractivity contribution is 14.1. The van der Waals surface area contributed by atoms with E-state index in [9.17, 15) is 0 Å². The summed E-state index contributed by atoms with van der Waals surface area (Å²) >= 11 is 2.24. The third-order valence-corrected chi connectivity index (χ3v) is 2.59. The van der Waals surface area contributed by atoms with Crippen LogP contribution in [0.5, 0.6) is 0 Å². The highest BCUT2D eigenvalue weighted by Gasteiger charge is 2.12. The number of hydrogen-bond donors (Lipinski definition) is 0. The third kappa shape index (κ3) is 3.22. The Morgan fingerprint density at radius 2 is 2.27 bits per heavy atom. The maximum atomic E-state index is 4.24. The maximum absolute atomic E-state index is 4.24. The van der Waals surface area contributed by atoms with Crippen molar-refractivity contribution in [2.75, 3.05) is 0 Å². The van der Waals surface area contributed by atoms with E-state index < -0.39 is 0 Å². The minimum atomic E-state index is 0. The van der Waals surface area contributed by atoms with E-state index in [1.165, 1.54) is 0 Å². The van der Waals surface area contributed by atoms with Gasteiger partial charge in [0.05, 0.1) is 11.8 Å². The predicted octanol–water partition coefficient (Wildman–Crippen LogP) is -1.20. The molecule has 0 amide bonds. The van der Waals surface area contributed by atoms with Gasteiger partial charge in [0, 0.05) is 21.9 Å². The lowest BCUT2D eigenvalue weighted by Crippen LogP contribution is -3.00. The number of allylic oxidation sites excluding steroid dienone is 4. The molecule has 76 valence electrons. The Hall–Kier alpha value is -0.530. The van der Waals surface area contributed by atoms with Crippen molar-refractivity contribution in [1.29, 1.82) is 0 Å². The smallest absolute Gasteiger partial charge is 0.329 e. The van der Waals surface area contributed by atoms with E-state index in [0.717, 1.165) is 15.0 Å². The Morgan fingerprint density at radius 1 is 1.40 bits per heavy atom. The number of rotatable bonds is 1. The van der Waals surface area contributed by atoms with Gasteiger partial charge in [-0.15, -0.1) is 0 Å². The Morgan fingerprint density at radius 3 is 3.00 bits per heavy atom. The number of nitrogens with zero attached hydrogens (tertiary/aromatic N) is 2. The molecule has 1 aromatic heterocycles. The number of aliphatic imine (C=N–C) groups is 1. The molecule has 0 saturated heterocycles. The van der Waals surface area contributed by atoms with Gasteiger partial charge in [0.2, 0.25) is 0 Å². The summed E-state index contributed by atoms with van der Waals surface area (Å²) in [4.78, 5) is 11.2. The molecule has 1 aliphatic rings. The lowest BCUT2D eigenvalue weighted by Gasteiger charge is -1.93. The van der Waals surface area contributed by atoms with Gasteiger partial charge < -0.3 is 24.0 Å². The third-order valence-electron chi connectivity index (χ3n) is 1.70. The van der Waals surface area contributed by atoms with Crippen LogP contribution in [-0.4, -0.2) is 10.9 Å². The van der Waals surface area contributed by atoms with Gasteiger partial charge in [0.1, 0.15) is 6.20 Å². The van der Waals surface area contributed by atoms with Crippen LogP contribution >= 0.6 is 22.6 Å². The Balaban J connectivity index is 0.00000112. The van der Waals surface area contributed by atoms with E-state index in [4.69, 9.17) is 0 Å². The van der Waals surface area contributed by atoms with Crippen LogP contribution in [0.4, 0.5) is 0 Å². The Bertz CT molecular complexity index is 457. The SMILES string of the molecule is IC1=C(c2nccc[nH+]2)C=CN=C=C1.[I-]. The van der Waals surface area contributed by atoms with Crippen molar-refractivity contribution in [3.05, 3.63) is 46.2 Å². The summed E-state index contributed by atoms with van der Waals surface area (Å²) in [5, 5.41) is 0. The molecule has 1 N–H and O–H groups in total. The van der Waals surface area contributed by atoms with Gasteiger partial charge in [0.15, 0.2) is 0 Å². The predicted molar refractivity (Wildman–Crippen MR) is 62.9 cm³/mol. The van der Waals surface area contributed by atoms with Crippen molar-refractivity contribution in [2.45, 2.75) is 0 Å². The summed E-state index contributed by atoms with van der Waals surface area (Å²) < 4.78 is 1.06. The van der Waals surface area contributed by atoms with E-state index in [0.29, 0.717) is 0 Å². The molecule has 15 heavy (non-hydrogen) atoms. The molecule has 3 nitrogen and oxygen atoms in total. The van der Waals surface area contributed by atoms with Gasteiger partial charge in [-0.2, -0.15) is 0 Å². The normalized spacial score (nSPS) is 13.7. The number of H-pyrrole nitrogens is 1. The van der Waals surface area contributed by atoms with E-state index in [2.05, 4.69) is 43.4 Å². The zero-order valence-electron chi connectivity index (χ0n) is 7.61. The molecule has 0 aliphatic carbocycles. The zero-order valence-corrected chi connectivity index (χ0v) is 11.9. The first kappa shape index (κ1) is 12.5. The number of hydrogen-bond acceptors (Lipinski definition) is 2. The van der Waals surface area contributed by atoms with E-state index in [1.807, 2.05) is 24.4 Å². The average molecular weight is 423 g/mol. The van der Waals surface area contributed by atoms with E-state index in [1.54, 1.807) is 12.4 Å². The van der Waals surface area contributed by atoms with Gasteiger partial charge in [-0.1, -0.05) is 0 Å². The van der Waals surface area contributed by atoms with E-state index in [-0.39, 0.29) is 24.0 Å². The molecule has 0 aromatic carbocycles. The molecule has 1 aromatic rings. The number of aromatic nitrogens is 2. The molecule has 0 atom stereocenters. The number of halogens is 2. The van der Waals surface area contributed by atoms with Crippen LogP contribution < -0.4 is 29.0 Å². The summed E-state index contributed by atoms with van der Waals surface area (Å²) in [6.45, 7) is 0. The second-order valence-electron chi connectivity index (χ2n) is 2.61. The van der Waals surface area contributed by atoms with Gasteiger partial charge in [0.25, 0.3) is 0 Å². The highest BCUT2D eigenvalue weighted by atomic mass is 127. The van der Waals surface area contributed by atoms with Crippen LogP contribution in [0.15, 0.2) is 45.4 Å². The van der Waals surface area contributed by atoms with Crippen LogP contribution in [0.1, 0.15) is 5.82 Å². The Kier molecular flexibility index (Phi) is 5.13. The van der Waals surface area contributed by atoms with Crippen molar-refractivity contribution < 1.29 is 29.0 Å². The minimum Gasteiger partial charge on any atom is -1.00 e. The molecule has 2 rings (SSSR count). The summed E-state index contributed by atoms with van der Waals surface area (Å²) in [7, 11) is 0. The molecular formula is C10H7I2N3. The summed E-state index contributed by atoms with van der Waals surface area (Å²) in [6, 6.07) is 1.85. The van der Waals surface area contributed by atoms with Gasteiger partial charge >= 0.3 is 5.82 Å². The van der Waals surface area contributed by atoms with Gasteiger partial charge in [-0.05, 0) is 39.5 Å². The fraction of sp³-hybridized carbons (Fsp3) is 0. The van der Waals surface area contributed by atoms with Crippen molar-refractivity contribution in [1.82, 2.24) is 4.98 Å². The first-order valence-corrected chi connectivity index (χ1v) is 5.14. The zero-order chi connectivity index (χ0) is 9.80. The summed E-state index contributed by atoms with van der Waals surface area (Å²) in [5.41, 5.74) is 1.03. The van der Waals surface area contributed by atoms with Crippen LogP contribution in [0.3, 0.4) is 0 Å². The fourth-order valence-corrected chi connectivity index (χ4v) is 1.64. The molecule has 0 unspecified atom stereocenters. The van der Waals surface area contributed by atoms with Crippen LogP contribution in [0, 0.1) is 0 Å². The molecule has 0 radical (unpaired) electrons. The monoisotopic (exact) mass is 423 g/mol. The number of aromatic amines is 1. The molecule has 1 aliphatic heterocycles. The van der Waals surface area contributed by atoms with Crippen LogP contribution in [-0.2, 0) is 0 Å². The van der Waals surface area contributed by atoms with E-state index >= 15 is 0 Å². The van der Waals surface area contributed by atoms with Crippen LogP contribution in [0.25, 0.3) is 5.57 Å². The minimum absolute atomic E-state index is 0. The maximum Gasteiger partial charge on any atom is 0.329 e. The fourth-order valence-electron chi connectivity index (χ4n) is 1.07. The van der Waals surface area contributed by atoms with Crippen molar-refractivity contribution >= 4 is 34.0 Å². The van der Waals surface area contributed by atoms with Crippen molar-refractivity contribution in [3.63, 3.8) is 0 Å². The topological polar surface area (TPSA) is 39.4 Å².